The second kappa shape index (κ2) is 10.1. The standard InChI is InChI=1S/C10H12O4S.C10H12O4/c1-2-13-5-6-14-9-7-8-3-4-10(9)15(8,11)12;1-2-5-14-7-3-4-9(11)8(6-7)10(12)13/h3-4,7H,2,5-6H2,1H3;3-4,6,11H,2,5H2,1H3,(H,12,13). The molecule has 0 saturated carbocycles. The van der Waals surface area contributed by atoms with Gasteiger partial charge in [0.05, 0.1) is 18.1 Å². The van der Waals surface area contributed by atoms with Crippen LogP contribution >= 0.6 is 0 Å². The van der Waals surface area contributed by atoms with Crippen molar-refractivity contribution in [1.29, 1.82) is 0 Å². The van der Waals surface area contributed by atoms with Gasteiger partial charge in [0.2, 0.25) is 9.84 Å². The summed E-state index contributed by atoms with van der Waals surface area (Å²) in [6.07, 6.45) is 5.56. The second-order valence-electron chi connectivity index (χ2n) is 5.99. The number of phenols is 1. The maximum Gasteiger partial charge on any atom is 0.339 e. The first-order chi connectivity index (χ1) is 13.8. The molecule has 0 amide bonds. The Kier molecular flexibility index (Phi) is 7.86. The summed E-state index contributed by atoms with van der Waals surface area (Å²) in [5, 5.41) is 17.9. The lowest BCUT2D eigenvalue weighted by Crippen LogP contribution is -2.04. The lowest BCUT2D eigenvalue weighted by molar-refractivity contribution is 0.0693. The lowest BCUT2D eigenvalue weighted by Gasteiger charge is -2.06. The van der Waals surface area contributed by atoms with Crippen LogP contribution in [0, 0.1) is 0 Å². The number of allylic oxidation sites excluding steroid dienone is 3. The molecular weight excluding hydrogens is 400 g/mol. The molecule has 0 saturated heterocycles. The molecule has 29 heavy (non-hydrogen) atoms. The molecule has 2 bridgehead atoms. The highest BCUT2D eigenvalue weighted by Gasteiger charge is 2.34. The van der Waals surface area contributed by atoms with Gasteiger partial charge < -0.3 is 24.4 Å². The van der Waals surface area contributed by atoms with Gasteiger partial charge in [0.1, 0.15) is 34.3 Å². The molecule has 0 aromatic heterocycles. The van der Waals surface area contributed by atoms with Gasteiger partial charge in [-0.15, -0.1) is 0 Å². The van der Waals surface area contributed by atoms with E-state index in [1.54, 1.807) is 18.2 Å². The van der Waals surface area contributed by atoms with Crippen LogP contribution in [0.3, 0.4) is 0 Å². The zero-order chi connectivity index (χ0) is 21.4. The van der Waals surface area contributed by atoms with Crippen LogP contribution in [0.2, 0.25) is 0 Å². The fraction of sp³-hybridized carbons (Fsp3) is 0.350. The summed E-state index contributed by atoms with van der Waals surface area (Å²) in [5.41, 5.74) is -0.140. The topological polar surface area (TPSA) is 119 Å². The van der Waals surface area contributed by atoms with Crippen LogP contribution in [0.1, 0.15) is 30.6 Å². The van der Waals surface area contributed by atoms with Gasteiger partial charge in [-0.25, -0.2) is 13.2 Å². The summed E-state index contributed by atoms with van der Waals surface area (Å²) in [4.78, 5) is 11.2. The predicted octanol–water partition coefficient (Wildman–Crippen LogP) is 3.01. The molecule has 158 valence electrons. The molecular formula is C20H24O8S. The smallest absolute Gasteiger partial charge is 0.339 e. The van der Waals surface area contributed by atoms with E-state index in [2.05, 4.69) is 0 Å². The van der Waals surface area contributed by atoms with E-state index in [0.29, 0.717) is 42.8 Å². The predicted molar refractivity (Wildman–Crippen MR) is 106 cm³/mol. The van der Waals surface area contributed by atoms with E-state index in [1.165, 1.54) is 18.2 Å². The number of fused-ring (bicyclic) bond motifs is 2. The Labute approximate surface area is 169 Å². The average molecular weight is 424 g/mol. The number of benzene rings is 1. The van der Waals surface area contributed by atoms with E-state index in [1.807, 2.05) is 13.8 Å². The van der Waals surface area contributed by atoms with Crippen molar-refractivity contribution in [3.05, 3.63) is 57.6 Å². The molecule has 2 aliphatic rings. The molecule has 0 unspecified atom stereocenters. The van der Waals surface area contributed by atoms with E-state index in [4.69, 9.17) is 19.3 Å². The van der Waals surface area contributed by atoms with Crippen molar-refractivity contribution >= 4 is 15.8 Å². The maximum absolute atomic E-state index is 11.6. The van der Waals surface area contributed by atoms with Crippen LogP contribution in [0.5, 0.6) is 11.5 Å². The molecule has 2 heterocycles. The number of carboxylic acids is 1. The Balaban J connectivity index is 0.000000208. The van der Waals surface area contributed by atoms with Gasteiger partial charge in [-0.3, -0.25) is 0 Å². The molecule has 0 radical (unpaired) electrons. The third-order valence-electron chi connectivity index (χ3n) is 3.88. The van der Waals surface area contributed by atoms with Crippen LogP contribution in [-0.4, -0.2) is 51.0 Å². The SMILES string of the molecule is CCCOc1ccc(O)c(C(=O)O)c1.CCOCCOC1=C2C=CC(=C1)S2(=O)=O. The summed E-state index contributed by atoms with van der Waals surface area (Å²) in [5.74, 6) is -0.514. The Bertz CT molecular complexity index is 941. The highest BCUT2D eigenvalue weighted by Crippen LogP contribution is 2.37. The molecule has 0 atom stereocenters. The minimum atomic E-state index is -3.22. The third kappa shape index (κ3) is 5.61. The maximum atomic E-state index is 11.6. The third-order valence-corrected chi connectivity index (χ3v) is 5.67. The van der Waals surface area contributed by atoms with E-state index in [9.17, 15) is 18.3 Å². The number of carboxylic acid groups (broad SMARTS) is 1. The zero-order valence-electron chi connectivity index (χ0n) is 16.3. The first kappa shape index (κ1) is 22.5. The van der Waals surface area contributed by atoms with Crippen LogP contribution < -0.4 is 4.74 Å². The van der Waals surface area contributed by atoms with Gasteiger partial charge in [-0.05, 0) is 43.7 Å². The van der Waals surface area contributed by atoms with Gasteiger partial charge in [-0.1, -0.05) is 6.92 Å². The number of hydrogen-bond acceptors (Lipinski definition) is 7. The molecule has 3 rings (SSSR count). The monoisotopic (exact) mass is 424 g/mol. The number of ether oxygens (including phenoxy) is 3. The summed E-state index contributed by atoms with van der Waals surface area (Å²) in [6, 6.07) is 4.17. The highest BCUT2D eigenvalue weighted by molar-refractivity contribution is 8.00. The largest absolute Gasteiger partial charge is 0.507 e. The van der Waals surface area contributed by atoms with Gasteiger partial charge in [0.15, 0.2) is 0 Å². The van der Waals surface area contributed by atoms with Crippen LogP contribution in [0.25, 0.3) is 0 Å². The van der Waals surface area contributed by atoms with Gasteiger partial charge in [-0.2, -0.15) is 0 Å². The summed E-state index contributed by atoms with van der Waals surface area (Å²) < 4.78 is 38.7. The van der Waals surface area contributed by atoms with E-state index < -0.39 is 15.8 Å². The summed E-state index contributed by atoms with van der Waals surface area (Å²) >= 11 is 0. The number of aromatic hydroxyl groups is 1. The lowest BCUT2D eigenvalue weighted by atomic mass is 10.2. The van der Waals surface area contributed by atoms with E-state index >= 15 is 0 Å². The first-order valence-electron chi connectivity index (χ1n) is 9.10. The van der Waals surface area contributed by atoms with Crippen molar-refractivity contribution in [2.24, 2.45) is 0 Å². The van der Waals surface area contributed by atoms with Crippen molar-refractivity contribution in [2.75, 3.05) is 26.4 Å². The number of rotatable bonds is 9. The second-order valence-corrected chi connectivity index (χ2v) is 7.91. The molecule has 0 fully saturated rings. The van der Waals surface area contributed by atoms with Gasteiger partial charge in [0, 0.05) is 12.7 Å². The Morgan fingerprint density at radius 1 is 1.07 bits per heavy atom. The minimum Gasteiger partial charge on any atom is -0.507 e. The van der Waals surface area contributed by atoms with E-state index in [-0.39, 0.29) is 16.2 Å². The first-order valence-corrected chi connectivity index (χ1v) is 10.6. The molecule has 1 aromatic carbocycles. The van der Waals surface area contributed by atoms with E-state index in [0.717, 1.165) is 6.42 Å². The molecule has 2 N–H and O–H groups in total. The number of aromatic carboxylic acids is 1. The van der Waals surface area contributed by atoms with Crippen LogP contribution in [-0.2, 0) is 19.3 Å². The van der Waals surface area contributed by atoms with Gasteiger partial charge >= 0.3 is 5.97 Å². The highest BCUT2D eigenvalue weighted by atomic mass is 32.2. The van der Waals surface area contributed by atoms with Crippen LogP contribution in [0.15, 0.2) is 52.0 Å². The normalized spacial score (nSPS) is 15.6. The van der Waals surface area contributed by atoms with Gasteiger partial charge in [0.25, 0.3) is 0 Å². The molecule has 9 heteroatoms. The molecule has 0 aliphatic carbocycles. The fourth-order valence-electron chi connectivity index (χ4n) is 2.47. The van der Waals surface area contributed by atoms with Crippen molar-refractivity contribution in [3.8, 4) is 11.5 Å². The Morgan fingerprint density at radius 3 is 2.38 bits per heavy atom. The van der Waals surface area contributed by atoms with Crippen molar-refractivity contribution in [1.82, 2.24) is 0 Å². The number of carbonyl (C=O) groups is 1. The quantitative estimate of drug-likeness (QED) is 0.581. The Hall–Kier alpha value is -2.78. The summed E-state index contributed by atoms with van der Waals surface area (Å²) in [6.45, 7) is 5.87. The minimum absolute atomic E-state index is 0.140. The number of sulfone groups is 1. The zero-order valence-corrected chi connectivity index (χ0v) is 17.1. The molecule has 2 aliphatic heterocycles. The average Bonchev–Trinajstić information content (AvgIpc) is 3.11. The fourth-order valence-corrected chi connectivity index (χ4v) is 3.86. The van der Waals surface area contributed by atoms with Crippen LogP contribution in [0.4, 0.5) is 0 Å². The Morgan fingerprint density at radius 2 is 1.83 bits per heavy atom. The van der Waals surface area contributed by atoms with Crippen molar-refractivity contribution in [3.63, 3.8) is 0 Å². The molecule has 1 aromatic rings. The van der Waals surface area contributed by atoms with Crippen molar-refractivity contribution < 1.29 is 37.6 Å². The van der Waals surface area contributed by atoms with Crippen molar-refractivity contribution in [2.45, 2.75) is 20.3 Å². The molecule has 0 spiro atoms. The molecule has 8 nitrogen and oxygen atoms in total. The summed E-state index contributed by atoms with van der Waals surface area (Å²) in [7, 11) is -3.22. The number of hydrogen-bond donors (Lipinski definition) is 2.